The summed E-state index contributed by atoms with van der Waals surface area (Å²) in [5.74, 6) is 0.538. The third-order valence-electron chi connectivity index (χ3n) is 5.46. The number of hydrogen-bond acceptors (Lipinski definition) is 5. The third kappa shape index (κ3) is 3.25. The molecular weight excluding hydrogens is 378 g/mol. The van der Waals surface area contributed by atoms with Crippen molar-refractivity contribution in [1.82, 2.24) is 14.9 Å². The maximum Gasteiger partial charge on any atom is 0.254 e. The second-order valence-electron chi connectivity index (χ2n) is 7.23. The number of morpholine rings is 1. The van der Waals surface area contributed by atoms with Crippen molar-refractivity contribution in [2.75, 3.05) is 33.4 Å². The van der Waals surface area contributed by atoms with Crippen molar-refractivity contribution in [2.45, 2.75) is 0 Å². The van der Waals surface area contributed by atoms with E-state index < -0.39 is 0 Å². The van der Waals surface area contributed by atoms with E-state index in [2.05, 4.69) is 9.97 Å². The maximum atomic E-state index is 13.0. The highest BCUT2D eigenvalue weighted by molar-refractivity contribution is 6.06. The number of pyridine rings is 2. The molecule has 1 aliphatic heterocycles. The van der Waals surface area contributed by atoms with E-state index in [9.17, 15) is 4.79 Å². The first-order valence-corrected chi connectivity index (χ1v) is 9.94. The van der Waals surface area contributed by atoms with Crippen LogP contribution in [0.1, 0.15) is 10.4 Å². The van der Waals surface area contributed by atoms with Gasteiger partial charge in [0.15, 0.2) is 0 Å². The molecule has 0 atom stereocenters. The molecule has 6 heteroatoms. The molecule has 1 saturated heterocycles. The zero-order chi connectivity index (χ0) is 20.5. The largest absolute Gasteiger partial charge is 0.481 e. The second-order valence-corrected chi connectivity index (χ2v) is 7.23. The Morgan fingerprint density at radius 2 is 1.87 bits per heavy atom. The van der Waals surface area contributed by atoms with Crippen molar-refractivity contribution in [3.63, 3.8) is 0 Å². The van der Waals surface area contributed by atoms with Crippen LogP contribution in [0, 0.1) is 0 Å². The van der Waals surface area contributed by atoms with E-state index in [0.29, 0.717) is 37.7 Å². The number of carbonyl (C=O) groups is 1. The maximum absolute atomic E-state index is 13.0. The number of ether oxygens (including phenoxy) is 2. The highest BCUT2D eigenvalue weighted by atomic mass is 16.5. The van der Waals surface area contributed by atoms with Crippen LogP contribution < -0.4 is 4.74 Å². The Bertz CT molecular complexity index is 1240. The number of nitrogens with zero attached hydrogens (tertiary/aromatic N) is 3. The Balaban J connectivity index is 1.70. The van der Waals surface area contributed by atoms with Crippen LogP contribution in [0.15, 0.2) is 60.8 Å². The molecule has 5 rings (SSSR count). The van der Waals surface area contributed by atoms with Crippen molar-refractivity contribution < 1.29 is 14.3 Å². The van der Waals surface area contributed by atoms with Gasteiger partial charge < -0.3 is 14.4 Å². The number of hydrogen-bond donors (Lipinski definition) is 0. The van der Waals surface area contributed by atoms with Gasteiger partial charge in [-0.2, -0.15) is 0 Å². The van der Waals surface area contributed by atoms with Crippen LogP contribution in [0.25, 0.3) is 32.9 Å². The summed E-state index contributed by atoms with van der Waals surface area (Å²) in [7, 11) is 1.61. The van der Waals surface area contributed by atoms with Gasteiger partial charge in [-0.3, -0.25) is 9.78 Å². The molecule has 150 valence electrons. The van der Waals surface area contributed by atoms with Crippen LogP contribution in [-0.2, 0) is 4.74 Å². The number of amides is 1. The van der Waals surface area contributed by atoms with E-state index >= 15 is 0 Å². The SMILES string of the molecule is COc1cc(-c2cccc3cccnc23)c2cc(C(=O)N3CCOCC3)ccc2n1. The van der Waals surface area contributed by atoms with E-state index in [0.717, 1.165) is 32.9 Å². The van der Waals surface area contributed by atoms with Gasteiger partial charge in [0, 0.05) is 47.3 Å². The predicted octanol–water partition coefficient (Wildman–Crippen LogP) is 3.93. The monoisotopic (exact) mass is 399 g/mol. The molecule has 6 nitrogen and oxygen atoms in total. The van der Waals surface area contributed by atoms with Gasteiger partial charge in [0.05, 0.1) is 31.4 Å². The van der Waals surface area contributed by atoms with E-state index in [-0.39, 0.29) is 5.91 Å². The summed E-state index contributed by atoms with van der Waals surface area (Å²) in [6, 6.07) is 17.6. The molecule has 1 aliphatic rings. The van der Waals surface area contributed by atoms with Crippen molar-refractivity contribution in [2.24, 2.45) is 0 Å². The summed E-state index contributed by atoms with van der Waals surface area (Å²) in [6.07, 6.45) is 1.79. The van der Waals surface area contributed by atoms with Gasteiger partial charge >= 0.3 is 0 Å². The second kappa shape index (κ2) is 7.72. The van der Waals surface area contributed by atoms with Crippen molar-refractivity contribution in [3.8, 4) is 17.0 Å². The molecule has 0 aliphatic carbocycles. The predicted molar refractivity (Wildman–Crippen MR) is 116 cm³/mol. The molecule has 0 saturated carbocycles. The molecule has 0 N–H and O–H groups in total. The normalized spacial score (nSPS) is 14.2. The summed E-state index contributed by atoms with van der Waals surface area (Å²) in [5.41, 5.74) is 4.24. The lowest BCUT2D eigenvalue weighted by Gasteiger charge is -2.27. The highest BCUT2D eigenvalue weighted by Gasteiger charge is 2.20. The zero-order valence-electron chi connectivity index (χ0n) is 16.7. The van der Waals surface area contributed by atoms with Crippen LogP contribution in [0.4, 0.5) is 0 Å². The molecule has 0 unspecified atom stereocenters. The highest BCUT2D eigenvalue weighted by Crippen LogP contribution is 2.35. The van der Waals surface area contributed by atoms with Gasteiger partial charge in [0.25, 0.3) is 5.91 Å². The lowest BCUT2D eigenvalue weighted by atomic mass is 9.97. The van der Waals surface area contributed by atoms with Gasteiger partial charge in [-0.05, 0) is 29.8 Å². The molecule has 0 radical (unpaired) electrons. The van der Waals surface area contributed by atoms with Gasteiger partial charge in [-0.1, -0.05) is 24.3 Å². The Labute approximate surface area is 174 Å². The molecule has 0 bridgehead atoms. The molecule has 2 aromatic carbocycles. The minimum Gasteiger partial charge on any atom is -0.481 e. The summed E-state index contributed by atoms with van der Waals surface area (Å²) < 4.78 is 10.8. The van der Waals surface area contributed by atoms with Crippen molar-refractivity contribution in [1.29, 1.82) is 0 Å². The van der Waals surface area contributed by atoms with E-state index in [1.54, 1.807) is 13.3 Å². The van der Waals surface area contributed by atoms with Gasteiger partial charge in [0.1, 0.15) is 0 Å². The first-order chi connectivity index (χ1) is 14.7. The van der Waals surface area contributed by atoms with Crippen molar-refractivity contribution in [3.05, 3.63) is 66.4 Å². The number of methoxy groups -OCH3 is 1. The Hall–Kier alpha value is -3.51. The first kappa shape index (κ1) is 18.5. The molecule has 1 amide bonds. The Morgan fingerprint density at radius 3 is 2.70 bits per heavy atom. The van der Waals surface area contributed by atoms with Crippen molar-refractivity contribution >= 4 is 27.7 Å². The summed E-state index contributed by atoms with van der Waals surface area (Å²) in [5, 5.41) is 1.95. The summed E-state index contributed by atoms with van der Waals surface area (Å²) in [6.45, 7) is 2.37. The summed E-state index contributed by atoms with van der Waals surface area (Å²) >= 11 is 0. The van der Waals surface area contributed by atoms with E-state index in [4.69, 9.17) is 9.47 Å². The van der Waals surface area contributed by atoms with Crippen LogP contribution in [0.3, 0.4) is 0 Å². The first-order valence-electron chi connectivity index (χ1n) is 9.94. The van der Waals surface area contributed by atoms with E-state index in [1.807, 2.05) is 59.5 Å². The van der Waals surface area contributed by atoms with Gasteiger partial charge in [-0.15, -0.1) is 0 Å². The number of fused-ring (bicyclic) bond motifs is 2. The molecule has 3 heterocycles. The Morgan fingerprint density at radius 1 is 1.03 bits per heavy atom. The van der Waals surface area contributed by atoms with Crippen LogP contribution in [0.2, 0.25) is 0 Å². The topological polar surface area (TPSA) is 64.5 Å². The standard InChI is InChI=1S/C24H21N3O3/c1-29-22-15-19(18-6-2-4-16-5-3-9-25-23(16)18)20-14-17(7-8-21(20)26-22)24(28)27-10-12-30-13-11-27/h2-9,14-15H,10-13H2,1H3. The molecular formula is C24H21N3O3. The number of aromatic nitrogens is 2. The zero-order valence-corrected chi connectivity index (χ0v) is 16.7. The number of benzene rings is 2. The van der Waals surface area contributed by atoms with Crippen LogP contribution in [0.5, 0.6) is 5.88 Å². The quantitative estimate of drug-likeness (QED) is 0.522. The lowest BCUT2D eigenvalue weighted by Crippen LogP contribution is -2.40. The third-order valence-corrected chi connectivity index (χ3v) is 5.46. The average molecular weight is 399 g/mol. The summed E-state index contributed by atoms with van der Waals surface area (Å²) in [4.78, 5) is 24.1. The van der Waals surface area contributed by atoms with Gasteiger partial charge in [-0.25, -0.2) is 4.98 Å². The molecule has 30 heavy (non-hydrogen) atoms. The lowest BCUT2D eigenvalue weighted by molar-refractivity contribution is 0.0303. The fourth-order valence-corrected chi connectivity index (χ4v) is 3.93. The molecule has 2 aromatic heterocycles. The van der Waals surface area contributed by atoms with E-state index in [1.165, 1.54) is 0 Å². The minimum absolute atomic E-state index is 0.0120. The Kier molecular flexibility index (Phi) is 4.77. The van der Waals surface area contributed by atoms with Crippen LogP contribution in [-0.4, -0.2) is 54.2 Å². The number of rotatable bonds is 3. The molecule has 1 fully saturated rings. The smallest absolute Gasteiger partial charge is 0.254 e. The van der Waals surface area contributed by atoms with Crippen LogP contribution >= 0.6 is 0 Å². The minimum atomic E-state index is 0.0120. The molecule has 0 spiro atoms. The molecule has 4 aromatic rings. The fraction of sp³-hybridized carbons (Fsp3) is 0.208. The fourth-order valence-electron chi connectivity index (χ4n) is 3.93. The number of para-hydroxylation sites is 1. The van der Waals surface area contributed by atoms with Gasteiger partial charge in [0.2, 0.25) is 5.88 Å². The number of carbonyl (C=O) groups excluding carboxylic acids is 1. The average Bonchev–Trinajstić information content (AvgIpc) is 2.82.